The number of nitrogens with zero attached hydrogens (tertiary/aromatic N) is 2. The number of allylic oxidation sites excluding steroid dienone is 3. The van der Waals surface area contributed by atoms with Gasteiger partial charge in [-0.25, -0.2) is 4.98 Å². The quantitative estimate of drug-likeness (QED) is 0.285. The first-order valence-electron chi connectivity index (χ1n) is 14.6. The van der Waals surface area contributed by atoms with E-state index in [-0.39, 0.29) is 0 Å². The van der Waals surface area contributed by atoms with Crippen LogP contribution in [0.15, 0.2) is 54.1 Å². The van der Waals surface area contributed by atoms with Crippen LogP contribution in [0.1, 0.15) is 83.6 Å². The molecule has 2 aromatic rings. The molecule has 0 unspecified atom stereocenters. The van der Waals surface area contributed by atoms with Crippen molar-refractivity contribution in [1.82, 2.24) is 9.55 Å². The fourth-order valence-electron chi connectivity index (χ4n) is 8.67. The highest BCUT2D eigenvalue weighted by atomic mass is 16.5. The molecule has 6 rings (SSSR count). The maximum atomic E-state index is 6.07. The number of rotatable bonds is 7. The van der Waals surface area contributed by atoms with Crippen LogP contribution in [0.3, 0.4) is 0 Å². The van der Waals surface area contributed by atoms with E-state index in [0.29, 0.717) is 17.4 Å². The van der Waals surface area contributed by atoms with Crippen LogP contribution in [0.25, 0.3) is 6.08 Å². The second-order valence-electron chi connectivity index (χ2n) is 12.8. The summed E-state index contributed by atoms with van der Waals surface area (Å²) in [5.74, 6) is 4.25. The number of benzene rings is 1. The van der Waals surface area contributed by atoms with Crippen LogP contribution >= 0.6 is 0 Å². The molecule has 4 aliphatic rings. The molecule has 3 saturated carbocycles. The van der Waals surface area contributed by atoms with Crippen LogP contribution < -0.4 is 9.47 Å². The molecule has 0 aliphatic heterocycles. The van der Waals surface area contributed by atoms with Crippen molar-refractivity contribution in [3.8, 4) is 11.5 Å². The molecule has 3 fully saturated rings. The highest BCUT2D eigenvalue weighted by molar-refractivity contribution is 5.59. The smallest absolute Gasteiger partial charge is 0.161 e. The zero-order valence-electron chi connectivity index (χ0n) is 23.0. The third-order valence-electron chi connectivity index (χ3n) is 10.6. The molecule has 0 N–H and O–H groups in total. The van der Waals surface area contributed by atoms with Crippen LogP contribution in [0.2, 0.25) is 0 Å². The van der Waals surface area contributed by atoms with E-state index in [1.54, 1.807) is 12.7 Å². The van der Waals surface area contributed by atoms with Gasteiger partial charge in [-0.1, -0.05) is 49.6 Å². The maximum absolute atomic E-state index is 6.07. The number of hydrogen-bond donors (Lipinski definition) is 0. The number of fused-ring (bicyclic) bond motifs is 5. The summed E-state index contributed by atoms with van der Waals surface area (Å²) in [7, 11) is 1.74. The summed E-state index contributed by atoms with van der Waals surface area (Å²) in [4.78, 5) is 4.10. The highest BCUT2D eigenvalue weighted by Gasteiger charge is 2.56. The van der Waals surface area contributed by atoms with Crippen LogP contribution in [0.5, 0.6) is 11.5 Å². The van der Waals surface area contributed by atoms with Gasteiger partial charge in [0.05, 0.1) is 20.0 Å². The summed E-state index contributed by atoms with van der Waals surface area (Å²) in [6.07, 6.45) is 24.0. The Bertz CT molecular complexity index is 1160. The zero-order valence-corrected chi connectivity index (χ0v) is 23.0. The molecule has 198 valence electrons. The van der Waals surface area contributed by atoms with Gasteiger partial charge < -0.3 is 14.0 Å². The lowest BCUT2D eigenvalue weighted by Gasteiger charge is -2.56. The Kier molecular flexibility index (Phi) is 6.71. The predicted octanol–water partition coefficient (Wildman–Crippen LogP) is 8.10. The maximum Gasteiger partial charge on any atom is 0.161 e. The van der Waals surface area contributed by atoms with E-state index in [0.717, 1.165) is 42.2 Å². The van der Waals surface area contributed by atoms with E-state index >= 15 is 0 Å². The first-order valence-corrected chi connectivity index (χ1v) is 14.6. The topological polar surface area (TPSA) is 36.3 Å². The average Bonchev–Trinajstić information content (AvgIpc) is 3.53. The van der Waals surface area contributed by atoms with Gasteiger partial charge in [-0.2, -0.15) is 0 Å². The fourth-order valence-corrected chi connectivity index (χ4v) is 8.67. The van der Waals surface area contributed by atoms with Crippen molar-refractivity contribution < 1.29 is 9.47 Å². The lowest BCUT2D eigenvalue weighted by atomic mass is 9.48. The van der Waals surface area contributed by atoms with Crippen molar-refractivity contribution in [2.24, 2.45) is 28.6 Å². The standard InChI is InChI=1S/C33H44N2O2/c1-32-14-12-28-27(10-9-26-7-4-5-13-33(26,28)2)29(32)20-25(22-32)19-24-8-11-30(31(21-24)36-3)37-18-6-16-35-17-15-34-23-35/h8-9,11,15,17,19,21,23,27-29H,4-7,10,12-14,16,18,20,22H2,1-3H3/t27-,28+,29+,32-,33+/m1/s1. The minimum atomic E-state index is 0.464. The number of aromatic nitrogens is 2. The van der Waals surface area contributed by atoms with Gasteiger partial charge in [0.2, 0.25) is 0 Å². The monoisotopic (exact) mass is 500 g/mol. The minimum Gasteiger partial charge on any atom is -0.493 e. The average molecular weight is 501 g/mol. The van der Waals surface area contributed by atoms with Crippen molar-refractivity contribution >= 4 is 6.08 Å². The van der Waals surface area contributed by atoms with E-state index in [1.807, 2.05) is 24.3 Å². The second-order valence-corrected chi connectivity index (χ2v) is 12.8. The SMILES string of the molecule is COc1cc(C=C2C[C@H]3[C@@H]4CC=C5CCCC[C@]5(C)[C@H]4CC[C@]3(C)C2)ccc1OCCCn1ccnc1. The van der Waals surface area contributed by atoms with Crippen LogP contribution in [0.4, 0.5) is 0 Å². The molecule has 0 amide bonds. The summed E-state index contributed by atoms with van der Waals surface area (Å²) < 4.78 is 13.9. The summed E-state index contributed by atoms with van der Waals surface area (Å²) in [6.45, 7) is 6.78. The third kappa shape index (κ3) is 4.66. The van der Waals surface area contributed by atoms with E-state index < -0.39 is 0 Å². The Hall–Kier alpha value is -2.49. The van der Waals surface area contributed by atoms with E-state index in [1.165, 1.54) is 63.4 Å². The first-order chi connectivity index (χ1) is 18.0. The molecule has 4 nitrogen and oxygen atoms in total. The number of methoxy groups -OCH3 is 1. The van der Waals surface area contributed by atoms with Gasteiger partial charge in [-0.3, -0.25) is 0 Å². The van der Waals surface area contributed by atoms with Gasteiger partial charge in [0, 0.05) is 18.9 Å². The van der Waals surface area contributed by atoms with Crippen LogP contribution in [-0.4, -0.2) is 23.3 Å². The summed E-state index contributed by atoms with van der Waals surface area (Å²) >= 11 is 0. The van der Waals surface area contributed by atoms with Crippen LogP contribution in [0, 0.1) is 28.6 Å². The zero-order chi connectivity index (χ0) is 25.5. The van der Waals surface area contributed by atoms with E-state index in [2.05, 4.69) is 53.7 Å². The van der Waals surface area contributed by atoms with Crippen molar-refractivity contribution in [3.63, 3.8) is 0 Å². The minimum absolute atomic E-state index is 0.464. The Morgan fingerprint density at radius 1 is 1.14 bits per heavy atom. The number of ether oxygens (including phenoxy) is 2. The second kappa shape index (κ2) is 10.0. The Labute approximate surface area is 223 Å². The van der Waals surface area contributed by atoms with Crippen molar-refractivity contribution in [2.75, 3.05) is 13.7 Å². The molecule has 0 saturated heterocycles. The molecule has 0 bridgehead atoms. The predicted molar refractivity (Wildman–Crippen MR) is 150 cm³/mol. The molecule has 4 heteroatoms. The third-order valence-corrected chi connectivity index (χ3v) is 10.6. The molecule has 1 aromatic carbocycles. The van der Waals surface area contributed by atoms with Crippen LogP contribution in [-0.2, 0) is 6.54 Å². The molecule has 1 aromatic heterocycles. The molecule has 1 heterocycles. The van der Waals surface area contributed by atoms with Gasteiger partial charge in [0.25, 0.3) is 0 Å². The molecule has 0 radical (unpaired) electrons. The summed E-state index contributed by atoms with van der Waals surface area (Å²) in [5, 5.41) is 0. The van der Waals surface area contributed by atoms with Gasteiger partial charge >= 0.3 is 0 Å². The summed E-state index contributed by atoms with van der Waals surface area (Å²) in [6, 6.07) is 6.44. The number of imidazole rings is 1. The van der Waals surface area contributed by atoms with E-state index in [4.69, 9.17) is 9.47 Å². The Morgan fingerprint density at radius 2 is 2.05 bits per heavy atom. The highest BCUT2D eigenvalue weighted by Crippen LogP contribution is 2.65. The summed E-state index contributed by atoms with van der Waals surface area (Å²) in [5.41, 5.74) is 5.63. The van der Waals surface area contributed by atoms with Crippen molar-refractivity contribution in [1.29, 1.82) is 0 Å². The lowest BCUT2D eigenvalue weighted by Crippen LogP contribution is -2.48. The fraction of sp³-hybridized carbons (Fsp3) is 0.606. The number of aryl methyl sites for hydroxylation is 1. The van der Waals surface area contributed by atoms with Crippen molar-refractivity contribution in [2.45, 2.75) is 84.6 Å². The molecular weight excluding hydrogens is 456 g/mol. The van der Waals surface area contributed by atoms with Gasteiger partial charge in [-0.05, 0) is 104 Å². The van der Waals surface area contributed by atoms with E-state index in [9.17, 15) is 0 Å². The normalized spacial score (nSPS) is 33.9. The van der Waals surface area contributed by atoms with Gasteiger partial charge in [0.1, 0.15) is 0 Å². The molecule has 0 spiro atoms. The largest absolute Gasteiger partial charge is 0.493 e. The van der Waals surface area contributed by atoms with Crippen molar-refractivity contribution in [3.05, 3.63) is 59.7 Å². The lowest BCUT2D eigenvalue weighted by molar-refractivity contribution is -0.0248. The molecule has 4 aliphatic carbocycles. The first kappa shape index (κ1) is 24.8. The van der Waals surface area contributed by atoms with Gasteiger partial charge in [0.15, 0.2) is 11.5 Å². The van der Waals surface area contributed by atoms with Gasteiger partial charge in [-0.15, -0.1) is 0 Å². The number of hydrogen-bond acceptors (Lipinski definition) is 3. The molecule has 5 atom stereocenters. The molecular formula is C33H44N2O2. The molecule has 37 heavy (non-hydrogen) atoms. The Balaban J connectivity index is 1.14. The Morgan fingerprint density at radius 3 is 2.89 bits per heavy atom.